The summed E-state index contributed by atoms with van der Waals surface area (Å²) in [4.78, 5) is 12.1. The Morgan fingerprint density at radius 3 is 2.19 bits per heavy atom. The van der Waals surface area contributed by atoms with Gasteiger partial charge in [-0.05, 0) is 61.4 Å². The van der Waals surface area contributed by atoms with Crippen molar-refractivity contribution in [3.63, 3.8) is 0 Å². The summed E-state index contributed by atoms with van der Waals surface area (Å²) in [5.41, 5.74) is 7.07. The SMILES string of the molecule is C/C(=N\NC(=O)c1ccc(C)cc1)c1ccc(OCc2ccccc2)cc1. The quantitative estimate of drug-likeness (QED) is 0.512. The maximum Gasteiger partial charge on any atom is 0.271 e. The zero-order chi connectivity index (χ0) is 19.1. The van der Waals surface area contributed by atoms with E-state index < -0.39 is 0 Å². The smallest absolute Gasteiger partial charge is 0.271 e. The van der Waals surface area contributed by atoms with Crippen molar-refractivity contribution < 1.29 is 9.53 Å². The van der Waals surface area contributed by atoms with Gasteiger partial charge < -0.3 is 4.74 Å². The van der Waals surface area contributed by atoms with E-state index in [-0.39, 0.29) is 5.91 Å². The third-order valence-corrected chi connectivity index (χ3v) is 4.16. The summed E-state index contributed by atoms with van der Waals surface area (Å²) in [6, 6.07) is 25.1. The number of aryl methyl sites for hydroxylation is 1. The molecule has 0 saturated heterocycles. The highest BCUT2D eigenvalue weighted by Crippen LogP contribution is 2.15. The van der Waals surface area contributed by atoms with E-state index in [1.165, 1.54) is 0 Å². The van der Waals surface area contributed by atoms with Gasteiger partial charge in [-0.3, -0.25) is 4.79 Å². The van der Waals surface area contributed by atoms with E-state index in [4.69, 9.17) is 4.74 Å². The summed E-state index contributed by atoms with van der Waals surface area (Å²) in [7, 11) is 0. The summed E-state index contributed by atoms with van der Waals surface area (Å²) in [5.74, 6) is 0.566. The van der Waals surface area contributed by atoms with Crippen LogP contribution < -0.4 is 10.2 Å². The van der Waals surface area contributed by atoms with Gasteiger partial charge in [0.1, 0.15) is 12.4 Å². The van der Waals surface area contributed by atoms with Crippen LogP contribution in [0.3, 0.4) is 0 Å². The van der Waals surface area contributed by atoms with Crippen LogP contribution in [0.15, 0.2) is 84.0 Å². The van der Waals surface area contributed by atoms with Crippen LogP contribution in [0.2, 0.25) is 0 Å². The molecule has 0 aliphatic heterocycles. The van der Waals surface area contributed by atoms with Crippen molar-refractivity contribution in [2.75, 3.05) is 0 Å². The van der Waals surface area contributed by atoms with Gasteiger partial charge in [0.25, 0.3) is 5.91 Å². The van der Waals surface area contributed by atoms with Crippen LogP contribution in [0.25, 0.3) is 0 Å². The number of benzene rings is 3. The van der Waals surface area contributed by atoms with Gasteiger partial charge >= 0.3 is 0 Å². The fourth-order valence-corrected chi connectivity index (χ4v) is 2.50. The molecule has 4 heteroatoms. The monoisotopic (exact) mass is 358 g/mol. The largest absolute Gasteiger partial charge is 0.489 e. The molecule has 0 aliphatic rings. The van der Waals surface area contributed by atoms with E-state index in [2.05, 4.69) is 10.5 Å². The molecule has 0 aliphatic carbocycles. The molecule has 136 valence electrons. The number of hydrogen-bond acceptors (Lipinski definition) is 3. The lowest BCUT2D eigenvalue weighted by Gasteiger charge is -2.08. The van der Waals surface area contributed by atoms with Gasteiger partial charge in [-0.2, -0.15) is 5.10 Å². The second kappa shape index (κ2) is 8.81. The molecule has 3 rings (SSSR count). The van der Waals surface area contributed by atoms with E-state index in [1.54, 1.807) is 12.1 Å². The number of ether oxygens (including phenoxy) is 1. The van der Waals surface area contributed by atoms with E-state index in [1.807, 2.05) is 80.6 Å². The molecule has 0 atom stereocenters. The van der Waals surface area contributed by atoms with Gasteiger partial charge in [0, 0.05) is 5.56 Å². The molecule has 0 radical (unpaired) electrons. The van der Waals surface area contributed by atoms with Crippen molar-refractivity contribution in [1.82, 2.24) is 5.43 Å². The number of nitrogens with one attached hydrogen (secondary N) is 1. The van der Waals surface area contributed by atoms with Crippen LogP contribution in [0.4, 0.5) is 0 Å². The van der Waals surface area contributed by atoms with Crippen LogP contribution >= 0.6 is 0 Å². The second-order valence-corrected chi connectivity index (χ2v) is 6.30. The molecular weight excluding hydrogens is 336 g/mol. The molecule has 3 aromatic rings. The van der Waals surface area contributed by atoms with Crippen molar-refractivity contribution in [1.29, 1.82) is 0 Å². The molecule has 0 unspecified atom stereocenters. The molecule has 0 saturated carbocycles. The molecule has 1 N–H and O–H groups in total. The highest BCUT2D eigenvalue weighted by atomic mass is 16.5. The van der Waals surface area contributed by atoms with E-state index in [0.717, 1.165) is 28.2 Å². The van der Waals surface area contributed by atoms with Crippen LogP contribution in [0, 0.1) is 6.92 Å². The van der Waals surface area contributed by atoms with Crippen molar-refractivity contribution in [2.45, 2.75) is 20.5 Å². The first-order valence-electron chi connectivity index (χ1n) is 8.80. The normalized spacial score (nSPS) is 11.1. The molecule has 0 heterocycles. The fraction of sp³-hybridized carbons (Fsp3) is 0.130. The fourth-order valence-electron chi connectivity index (χ4n) is 2.50. The van der Waals surface area contributed by atoms with Crippen molar-refractivity contribution in [3.05, 3.63) is 101 Å². The van der Waals surface area contributed by atoms with Gasteiger partial charge in [-0.1, -0.05) is 48.0 Å². The number of rotatable bonds is 6. The zero-order valence-electron chi connectivity index (χ0n) is 15.5. The summed E-state index contributed by atoms with van der Waals surface area (Å²) in [6.45, 7) is 4.37. The lowest BCUT2D eigenvalue weighted by molar-refractivity contribution is 0.0955. The number of nitrogens with zero attached hydrogens (tertiary/aromatic N) is 1. The van der Waals surface area contributed by atoms with E-state index in [0.29, 0.717) is 12.2 Å². The first-order chi connectivity index (χ1) is 13.1. The van der Waals surface area contributed by atoms with E-state index in [9.17, 15) is 4.79 Å². The van der Waals surface area contributed by atoms with Crippen molar-refractivity contribution in [3.8, 4) is 5.75 Å². The minimum atomic E-state index is -0.225. The highest BCUT2D eigenvalue weighted by Gasteiger charge is 2.05. The third kappa shape index (κ3) is 5.28. The summed E-state index contributed by atoms with van der Waals surface area (Å²) in [5, 5.41) is 4.19. The molecule has 0 fully saturated rings. The molecule has 27 heavy (non-hydrogen) atoms. The van der Waals surface area contributed by atoms with Gasteiger partial charge in [-0.15, -0.1) is 0 Å². The number of carbonyl (C=O) groups excluding carboxylic acids is 1. The predicted molar refractivity (Wildman–Crippen MR) is 108 cm³/mol. The molecule has 0 bridgehead atoms. The summed E-state index contributed by atoms with van der Waals surface area (Å²) < 4.78 is 5.78. The zero-order valence-corrected chi connectivity index (χ0v) is 15.5. The number of amides is 1. The Balaban J connectivity index is 1.57. The highest BCUT2D eigenvalue weighted by molar-refractivity contribution is 6.00. The second-order valence-electron chi connectivity index (χ2n) is 6.30. The van der Waals surface area contributed by atoms with Crippen LogP contribution in [-0.2, 0) is 6.61 Å². The number of hydrazone groups is 1. The molecule has 4 nitrogen and oxygen atoms in total. The minimum Gasteiger partial charge on any atom is -0.489 e. The standard InChI is InChI=1S/C23H22N2O2/c1-17-8-10-21(11-9-17)23(26)25-24-18(2)20-12-14-22(15-13-20)27-16-19-6-4-3-5-7-19/h3-15H,16H2,1-2H3,(H,25,26)/b24-18+. The lowest BCUT2D eigenvalue weighted by atomic mass is 10.1. The van der Waals surface area contributed by atoms with Gasteiger partial charge in [0.05, 0.1) is 5.71 Å². The van der Waals surface area contributed by atoms with Gasteiger partial charge in [0.15, 0.2) is 0 Å². The number of hydrogen-bond donors (Lipinski definition) is 1. The average molecular weight is 358 g/mol. The van der Waals surface area contributed by atoms with Crippen LogP contribution in [0.1, 0.15) is 34.0 Å². The van der Waals surface area contributed by atoms with Crippen molar-refractivity contribution >= 4 is 11.6 Å². The Hall–Kier alpha value is -3.40. The Bertz CT molecular complexity index is 915. The first-order valence-corrected chi connectivity index (χ1v) is 8.80. The summed E-state index contributed by atoms with van der Waals surface area (Å²) >= 11 is 0. The Labute approximate surface area is 159 Å². The average Bonchev–Trinajstić information content (AvgIpc) is 2.72. The maximum absolute atomic E-state index is 12.1. The minimum absolute atomic E-state index is 0.225. The maximum atomic E-state index is 12.1. The number of carbonyl (C=O) groups is 1. The first kappa shape index (κ1) is 18.4. The molecule has 3 aromatic carbocycles. The summed E-state index contributed by atoms with van der Waals surface area (Å²) in [6.07, 6.45) is 0. The Morgan fingerprint density at radius 2 is 1.52 bits per heavy atom. The van der Waals surface area contributed by atoms with Gasteiger partial charge in [-0.25, -0.2) is 5.43 Å². The molecular formula is C23H22N2O2. The Morgan fingerprint density at radius 1 is 0.889 bits per heavy atom. The predicted octanol–water partition coefficient (Wildman–Crippen LogP) is 4.73. The van der Waals surface area contributed by atoms with Crippen molar-refractivity contribution in [2.24, 2.45) is 5.10 Å². The van der Waals surface area contributed by atoms with Crippen LogP contribution in [0.5, 0.6) is 5.75 Å². The molecule has 1 amide bonds. The third-order valence-electron chi connectivity index (χ3n) is 4.16. The topological polar surface area (TPSA) is 50.7 Å². The van der Waals surface area contributed by atoms with E-state index >= 15 is 0 Å². The van der Waals surface area contributed by atoms with Crippen LogP contribution in [-0.4, -0.2) is 11.6 Å². The van der Waals surface area contributed by atoms with Gasteiger partial charge in [0.2, 0.25) is 0 Å². The lowest BCUT2D eigenvalue weighted by Crippen LogP contribution is -2.19. The Kier molecular flexibility index (Phi) is 6.00. The molecule has 0 spiro atoms. The molecule has 0 aromatic heterocycles.